The number of hydrogen-bond donors (Lipinski definition) is 1. The van der Waals surface area contributed by atoms with Gasteiger partial charge in [-0.1, -0.05) is 51.0 Å². The van der Waals surface area contributed by atoms with Gasteiger partial charge in [-0.25, -0.2) is 0 Å². The molecule has 0 aliphatic heterocycles. The van der Waals surface area contributed by atoms with Crippen molar-refractivity contribution in [2.75, 3.05) is 0 Å². The Bertz CT molecular complexity index is 339. The van der Waals surface area contributed by atoms with Gasteiger partial charge >= 0.3 is 0 Å². The van der Waals surface area contributed by atoms with Crippen LogP contribution in [0.2, 0.25) is 0 Å². The Hall–Kier alpha value is -0.820. The lowest BCUT2D eigenvalue weighted by molar-refractivity contribution is 0.306. The van der Waals surface area contributed by atoms with Gasteiger partial charge in [0.25, 0.3) is 0 Å². The minimum atomic E-state index is 0.425. The third-order valence-electron chi connectivity index (χ3n) is 4.11. The van der Waals surface area contributed by atoms with Crippen LogP contribution in [0.4, 0.5) is 0 Å². The van der Waals surface area contributed by atoms with Crippen molar-refractivity contribution in [1.82, 2.24) is 0 Å². The van der Waals surface area contributed by atoms with Gasteiger partial charge in [0.1, 0.15) is 0 Å². The van der Waals surface area contributed by atoms with Crippen LogP contribution in [-0.4, -0.2) is 6.04 Å². The van der Waals surface area contributed by atoms with Crippen molar-refractivity contribution < 1.29 is 0 Å². The van der Waals surface area contributed by atoms with Crippen molar-refractivity contribution >= 4 is 0 Å². The highest BCUT2D eigenvalue weighted by atomic mass is 14.7. The third kappa shape index (κ3) is 3.32. The molecule has 2 unspecified atom stereocenters. The van der Waals surface area contributed by atoms with E-state index in [1.165, 1.54) is 43.2 Å². The van der Waals surface area contributed by atoms with Crippen LogP contribution in [0.1, 0.15) is 56.6 Å². The van der Waals surface area contributed by atoms with Gasteiger partial charge < -0.3 is 5.73 Å². The van der Waals surface area contributed by atoms with E-state index in [2.05, 4.69) is 38.1 Å². The van der Waals surface area contributed by atoms with E-state index in [9.17, 15) is 0 Å². The number of hydrogen-bond acceptors (Lipinski definition) is 1. The molecule has 0 bridgehead atoms. The van der Waals surface area contributed by atoms with E-state index in [0.29, 0.717) is 17.9 Å². The summed E-state index contributed by atoms with van der Waals surface area (Å²) in [7, 11) is 0. The van der Waals surface area contributed by atoms with Gasteiger partial charge in [-0.2, -0.15) is 0 Å². The Morgan fingerprint density at radius 3 is 2.35 bits per heavy atom. The van der Waals surface area contributed by atoms with Crippen LogP contribution in [0.25, 0.3) is 0 Å². The van der Waals surface area contributed by atoms with Crippen molar-refractivity contribution in [3.63, 3.8) is 0 Å². The molecule has 2 rings (SSSR count). The summed E-state index contributed by atoms with van der Waals surface area (Å²) in [6.45, 7) is 4.48. The lowest BCUT2D eigenvalue weighted by Gasteiger charge is -2.28. The largest absolute Gasteiger partial charge is 0.327 e. The zero-order valence-corrected chi connectivity index (χ0v) is 11.2. The highest BCUT2D eigenvalue weighted by molar-refractivity contribution is 5.25. The van der Waals surface area contributed by atoms with Gasteiger partial charge in [0.2, 0.25) is 0 Å². The molecule has 1 aromatic carbocycles. The van der Waals surface area contributed by atoms with Crippen LogP contribution in [0.3, 0.4) is 0 Å². The average Bonchev–Trinajstić information content (AvgIpc) is 2.33. The molecule has 1 aliphatic carbocycles. The normalized spacial score (nSPS) is 25.2. The van der Waals surface area contributed by atoms with Crippen molar-refractivity contribution in [2.45, 2.75) is 57.9 Å². The SMILES string of the molecule is CC(C)c1ccc(CC2CCCCC2N)cc1. The van der Waals surface area contributed by atoms with Crippen molar-refractivity contribution in [3.05, 3.63) is 35.4 Å². The molecule has 1 aliphatic rings. The van der Waals surface area contributed by atoms with Gasteiger partial charge in [0, 0.05) is 6.04 Å². The van der Waals surface area contributed by atoms with E-state index in [0.717, 1.165) is 0 Å². The first-order chi connectivity index (χ1) is 8.16. The van der Waals surface area contributed by atoms with Crippen molar-refractivity contribution in [1.29, 1.82) is 0 Å². The standard InChI is InChI=1S/C16H25N/c1-12(2)14-9-7-13(8-10-14)11-15-5-3-4-6-16(15)17/h7-10,12,15-16H,3-6,11,17H2,1-2H3. The predicted octanol–water partition coefficient (Wildman–Crippen LogP) is 3.87. The van der Waals surface area contributed by atoms with Crippen LogP contribution >= 0.6 is 0 Å². The fourth-order valence-corrected chi connectivity index (χ4v) is 2.83. The fourth-order valence-electron chi connectivity index (χ4n) is 2.83. The fraction of sp³-hybridized carbons (Fsp3) is 0.625. The topological polar surface area (TPSA) is 26.0 Å². The van der Waals surface area contributed by atoms with E-state index < -0.39 is 0 Å². The number of nitrogens with two attached hydrogens (primary N) is 1. The molecule has 1 saturated carbocycles. The lowest BCUT2D eigenvalue weighted by Crippen LogP contribution is -2.34. The molecule has 1 aromatic rings. The van der Waals surface area contributed by atoms with E-state index in [1.54, 1.807) is 0 Å². The van der Waals surface area contributed by atoms with Crippen LogP contribution in [0.5, 0.6) is 0 Å². The van der Waals surface area contributed by atoms with Crippen LogP contribution in [-0.2, 0) is 6.42 Å². The lowest BCUT2D eigenvalue weighted by atomic mass is 9.81. The second-order valence-electron chi connectivity index (χ2n) is 5.81. The monoisotopic (exact) mass is 231 g/mol. The summed E-state index contributed by atoms with van der Waals surface area (Å²) in [5, 5.41) is 0. The van der Waals surface area contributed by atoms with E-state index in [-0.39, 0.29) is 0 Å². The second kappa shape index (κ2) is 5.68. The minimum absolute atomic E-state index is 0.425. The summed E-state index contributed by atoms with van der Waals surface area (Å²) < 4.78 is 0. The van der Waals surface area contributed by atoms with Gasteiger partial charge in [-0.15, -0.1) is 0 Å². The van der Waals surface area contributed by atoms with Gasteiger partial charge in [0.15, 0.2) is 0 Å². The van der Waals surface area contributed by atoms with Crippen LogP contribution in [0, 0.1) is 5.92 Å². The molecule has 0 heterocycles. The maximum Gasteiger partial charge on any atom is 0.00703 e. The van der Waals surface area contributed by atoms with E-state index in [1.807, 2.05) is 0 Å². The summed E-state index contributed by atoms with van der Waals surface area (Å²) in [5.74, 6) is 1.33. The number of rotatable bonds is 3. The number of benzene rings is 1. The maximum atomic E-state index is 6.20. The zero-order chi connectivity index (χ0) is 12.3. The van der Waals surface area contributed by atoms with E-state index in [4.69, 9.17) is 5.73 Å². The Balaban J connectivity index is 1.98. The smallest absolute Gasteiger partial charge is 0.00703 e. The molecule has 0 aromatic heterocycles. The van der Waals surface area contributed by atoms with Gasteiger partial charge in [-0.3, -0.25) is 0 Å². The third-order valence-corrected chi connectivity index (χ3v) is 4.11. The molecule has 0 radical (unpaired) electrons. The highest BCUT2D eigenvalue weighted by Crippen LogP contribution is 2.26. The first-order valence-corrected chi connectivity index (χ1v) is 7.01. The Morgan fingerprint density at radius 2 is 1.76 bits per heavy atom. The first-order valence-electron chi connectivity index (χ1n) is 7.01. The molecule has 0 spiro atoms. The Morgan fingerprint density at radius 1 is 1.12 bits per heavy atom. The molecule has 1 fully saturated rings. The van der Waals surface area contributed by atoms with Crippen LogP contribution < -0.4 is 5.73 Å². The second-order valence-corrected chi connectivity index (χ2v) is 5.81. The first kappa shape index (κ1) is 12.6. The van der Waals surface area contributed by atoms with Crippen molar-refractivity contribution in [2.24, 2.45) is 11.7 Å². The molecule has 17 heavy (non-hydrogen) atoms. The average molecular weight is 231 g/mol. The highest BCUT2D eigenvalue weighted by Gasteiger charge is 2.21. The molecule has 1 nitrogen and oxygen atoms in total. The molecular weight excluding hydrogens is 206 g/mol. The summed E-state index contributed by atoms with van der Waals surface area (Å²) in [5.41, 5.74) is 9.09. The summed E-state index contributed by atoms with van der Waals surface area (Å²) in [6, 6.07) is 9.55. The molecule has 1 heteroatoms. The Kier molecular flexibility index (Phi) is 4.22. The molecule has 2 atom stereocenters. The molecular formula is C16H25N. The van der Waals surface area contributed by atoms with Gasteiger partial charge in [-0.05, 0) is 42.2 Å². The quantitative estimate of drug-likeness (QED) is 0.839. The summed E-state index contributed by atoms with van der Waals surface area (Å²) in [6.07, 6.45) is 6.38. The molecule has 0 saturated heterocycles. The predicted molar refractivity (Wildman–Crippen MR) is 74.2 cm³/mol. The van der Waals surface area contributed by atoms with Crippen molar-refractivity contribution in [3.8, 4) is 0 Å². The molecule has 2 N–H and O–H groups in total. The summed E-state index contributed by atoms with van der Waals surface area (Å²) in [4.78, 5) is 0. The van der Waals surface area contributed by atoms with E-state index >= 15 is 0 Å². The van der Waals surface area contributed by atoms with Gasteiger partial charge in [0.05, 0.1) is 0 Å². The molecule has 0 amide bonds. The molecule has 94 valence electrons. The van der Waals surface area contributed by atoms with Crippen LogP contribution in [0.15, 0.2) is 24.3 Å². The minimum Gasteiger partial charge on any atom is -0.327 e. The summed E-state index contributed by atoms with van der Waals surface area (Å²) >= 11 is 0. The zero-order valence-electron chi connectivity index (χ0n) is 11.2. The Labute approximate surface area is 105 Å². The maximum absolute atomic E-state index is 6.20.